The number of hydrogen-bond acceptors (Lipinski definition) is 6. The number of thiophene rings is 1. The molecule has 0 bridgehead atoms. The molecule has 8 nitrogen and oxygen atoms in total. The molecule has 0 aliphatic rings. The second-order valence-corrected chi connectivity index (χ2v) is 7.09. The van der Waals surface area contributed by atoms with Crippen LogP contribution >= 0.6 is 22.9 Å². The number of imide groups is 1. The van der Waals surface area contributed by atoms with Crippen molar-refractivity contribution >= 4 is 51.1 Å². The highest BCUT2D eigenvalue weighted by molar-refractivity contribution is 7.20. The number of nitrogens with one attached hydrogen (secondary N) is 1. The molecule has 0 spiro atoms. The van der Waals surface area contributed by atoms with Crippen LogP contribution in [0, 0.1) is 6.92 Å². The van der Waals surface area contributed by atoms with Crippen LogP contribution in [-0.4, -0.2) is 34.3 Å². The Morgan fingerprint density at radius 3 is 2.78 bits per heavy atom. The molecule has 0 unspecified atom stereocenters. The van der Waals surface area contributed by atoms with E-state index in [-0.39, 0.29) is 0 Å². The van der Waals surface area contributed by atoms with Crippen molar-refractivity contribution in [2.75, 3.05) is 6.61 Å². The second kappa shape index (κ2) is 7.77. The first-order valence-corrected chi connectivity index (χ1v) is 9.01. The number of aromatic nitrogens is 2. The molecule has 3 aromatic rings. The molecule has 0 atom stereocenters. The SMILES string of the molecule is Cc1nn(Cc2ccccc2Cl)c2sc(C(=O)OCC(=O)NC(N)=O)cc12. The largest absolute Gasteiger partial charge is 0.451 e. The van der Waals surface area contributed by atoms with E-state index in [9.17, 15) is 14.4 Å². The van der Waals surface area contributed by atoms with Crippen molar-refractivity contribution in [2.45, 2.75) is 13.5 Å². The first-order valence-electron chi connectivity index (χ1n) is 7.82. The summed E-state index contributed by atoms with van der Waals surface area (Å²) in [5.74, 6) is -1.46. The summed E-state index contributed by atoms with van der Waals surface area (Å²) in [5.41, 5.74) is 6.50. The Hall–Kier alpha value is -2.91. The maximum Gasteiger partial charge on any atom is 0.348 e. The van der Waals surface area contributed by atoms with Gasteiger partial charge >= 0.3 is 12.0 Å². The van der Waals surface area contributed by atoms with Gasteiger partial charge in [-0.15, -0.1) is 11.3 Å². The number of hydrogen-bond donors (Lipinski definition) is 2. The molecule has 0 aliphatic carbocycles. The van der Waals surface area contributed by atoms with Gasteiger partial charge < -0.3 is 10.5 Å². The molecule has 0 aliphatic heterocycles. The molecule has 2 heterocycles. The lowest BCUT2D eigenvalue weighted by atomic mass is 10.2. The smallest absolute Gasteiger partial charge is 0.348 e. The van der Waals surface area contributed by atoms with Crippen molar-refractivity contribution in [1.29, 1.82) is 0 Å². The Morgan fingerprint density at radius 2 is 2.07 bits per heavy atom. The molecule has 10 heteroatoms. The lowest BCUT2D eigenvalue weighted by Gasteiger charge is -2.05. The van der Waals surface area contributed by atoms with Gasteiger partial charge in [0.2, 0.25) is 0 Å². The maximum absolute atomic E-state index is 12.2. The Morgan fingerprint density at radius 1 is 1.33 bits per heavy atom. The molecule has 140 valence electrons. The summed E-state index contributed by atoms with van der Waals surface area (Å²) < 4.78 is 6.68. The van der Waals surface area contributed by atoms with E-state index < -0.39 is 24.5 Å². The number of urea groups is 1. The number of esters is 1. The summed E-state index contributed by atoms with van der Waals surface area (Å²) in [6, 6.07) is 8.12. The highest BCUT2D eigenvalue weighted by Gasteiger charge is 2.19. The summed E-state index contributed by atoms with van der Waals surface area (Å²) >= 11 is 7.42. The van der Waals surface area contributed by atoms with Gasteiger partial charge in [-0.25, -0.2) is 9.59 Å². The van der Waals surface area contributed by atoms with E-state index in [2.05, 4.69) is 5.10 Å². The van der Waals surface area contributed by atoms with Crippen molar-refractivity contribution in [3.63, 3.8) is 0 Å². The Labute approximate surface area is 162 Å². The van der Waals surface area contributed by atoms with Crippen LogP contribution in [0.2, 0.25) is 5.02 Å². The summed E-state index contributed by atoms with van der Waals surface area (Å²) in [6.45, 7) is 1.70. The molecule has 3 amide bonds. The fraction of sp³-hybridized carbons (Fsp3) is 0.176. The first kappa shape index (κ1) is 18.9. The van der Waals surface area contributed by atoms with Gasteiger partial charge in [-0.1, -0.05) is 29.8 Å². The van der Waals surface area contributed by atoms with Crippen LogP contribution in [0.3, 0.4) is 0 Å². The minimum Gasteiger partial charge on any atom is -0.451 e. The van der Waals surface area contributed by atoms with E-state index in [1.165, 1.54) is 11.3 Å². The highest BCUT2D eigenvalue weighted by Crippen LogP contribution is 2.30. The van der Waals surface area contributed by atoms with Gasteiger partial charge in [0.1, 0.15) is 9.71 Å². The van der Waals surface area contributed by atoms with E-state index in [1.807, 2.05) is 30.4 Å². The number of amides is 3. The fourth-order valence-electron chi connectivity index (χ4n) is 2.48. The molecule has 0 fully saturated rings. The number of ether oxygens (including phenoxy) is 1. The summed E-state index contributed by atoms with van der Waals surface area (Å²) in [6.07, 6.45) is 0. The van der Waals surface area contributed by atoms with Crippen molar-refractivity contribution < 1.29 is 19.1 Å². The standard InChI is InChI=1S/C17H15ClN4O4S/c1-9-11-6-13(16(24)26-8-14(23)20-17(19)25)27-15(11)22(21-9)7-10-4-2-3-5-12(10)18/h2-6H,7-8H2,1H3,(H3,19,20,23,25). The molecule has 27 heavy (non-hydrogen) atoms. The third-order valence-corrected chi connectivity index (χ3v) is 5.18. The van der Waals surface area contributed by atoms with Gasteiger partial charge in [-0.05, 0) is 24.6 Å². The van der Waals surface area contributed by atoms with E-state index in [0.717, 1.165) is 21.5 Å². The minimum atomic E-state index is -1.01. The van der Waals surface area contributed by atoms with Crippen LogP contribution in [0.4, 0.5) is 4.79 Å². The predicted molar refractivity (Wildman–Crippen MR) is 101 cm³/mol. The third-order valence-electron chi connectivity index (χ3n) is 3.68. The van der Waals surface area contributed by atoms with Gasteiger partial charge in [-0.3, -0.25) is 14.8 Å². The molecular formula is C17H15ClN4O4S. The lowest BCUT2D eigenvalue weighted by molar-refractivity contribution is -0.123. The Balaban J connectivity index is 1.79. The number of carbonyl (C=O) groups excluding carboxylic acids is 3. The van der Waals surface area contributed by atoms with Gasteiger partial charge in [0, 0.05) is 10.4 Å². The molecule has 0 saturated carbocycles. The summed E-state index contributed by atoms with van der Waals surface area (Å²) in [5, 5.41) is 7.77. The number of rotatable bonds is 5. The van der Waals surface area contributed by atoms with Crippen molar-refractivity contribution in [3.8, 4) is 0 Å². The van der Waals surface area contributed by atoms with E-state index in [1.54, 1.807) is 16.8 Å². The van der Waals surface area contributed by atoms with Crippen LogP contribution in [-0.2, 0) is 16.1 Å². The van der Waals surface area contributed by atoms with Crippen LogP contribution in [0.1, 0.15) is 20.9 Å². The zero-order valence-electron chi connectivity index (χ0n) is 14.2. The third kappa shape index (κ3) is 4.26. The number of nitrogens with two attached hydrogens (primary N) is 1. The number of nitrogens with zero attached hydrogens (tertiary/aromatic N) is 2. The quantitative estimate of drug-likeness (QED) is 0.631. The zero-order chi connectivity index (χ0) is 19.6. The van der Waals surface area contributed by atoms with Gasteiger partial charge in [0.05, 0.1) is 12.2 Å². The fourth-order valence-corrected chi connectivity index (χ4v) is 3.73. The van der Waals surface area contributed by atoms with Crippen molar-refractivity contribution in [1.82, 2.24) is 15.1 Å². The lowest BCUT2D eigenvalue weighted by Crippen LogP contribution is -2.37. The van der Waals surface area contributed by atoms with Crippen LogP contribution in [0.15, 0.2) is 30.3 Å². The molecule has 1 aromatic carbocycles. The van der Waals surface area contributed by atoms with Gasteiger partial charge in [0.25, 0.3) is 5.91 Å². The van der Waals surface area contributed by atoms with Crippen LogP contribution in [0.25, 0.3) is 10.2 Å². The van der Waals surface area contributed by atoms with Crippen LogP contribution < -0.4 is 11.1 Å². The van der Waals surface area contributed by atoms with Gasteiger partial charge in [0.15, 0.2) is 6.61 Å². The molecule has 3 rings (SSSR count). The number of fused-ring (bicyclic) bond motifs is 1. The predicted octanol–water partition coefficient (Wildman–Crippen LogP) is 2.46. The minimum absolute atomic E-state index is 0.324. The number of primary amides is 1. The van der Waals surface area contributed by atoms with E-state index in [4.69, 9.17) is 22.1 Å². The normalized spacial score (nSPS) is 10.7. The van der Waals surface area contributed by atoms with Crippen molar-refractivity contribution in [2.24, 2.45) is 5.73 Å². The van der Waals surface area contributed by atoms with E-state index >= 15 is 0 Å². The molecule has 0 radical (unpaired) electrons. The monoisotopic (exact) mass is 406 g/mol. The van der Waals surface area contributed by atoms with E-state index in [0.29, 0.717) is 16.4 Å². The van der Waals surface area contributed by atoms with Crippen LogP contribution in [0.5, 0.6) is 0 Å². The first-order chi connectivity index (χ1) is 12.8. The molecule has 3 N–H and O–H groups in total. The highest BCUT2D eigenvalue weighted by atomic mass is 35.5. The van der Waals surface area contributed by atoms with Gasteiger partial charge in [-0.2, -0.15) is 5.10 Å². The topological polar surface area (TPSA) is 116 Å². The van der Waals surface area contributed by atoms with Crippen molar-refractivity contribution in [3.05, 3.63) is 51.5 Å². The summed E-state index contributed by atoms with van der Waals surface area (Å²) in [4.78, 5) is 35.2. The number of aryl methyl sites for hydroxylation is 1. The molecule has 0 saturated heterocycles. The number of halogens is 1. The maximum atomic E-state index is 12.2. The summed E-state index contributed by atoms with van der Waals surface area (Å²) in [7, 11) is 0. The molecule has 2 aromatic heterocycles. The average Bonchev–Trinajstić information content (AvgIpc) is 3.16. The Bertz CT molecular complexity index is 1040. The Kier molecular flexibility index (Phi) is 5.43. The number of benzene rings is 1. The number of carbonyl (C=O) groups is 3. The zero-order valence-corrected chi connectivity index (χ0v) is 15.8. The molecular weight excluding hydrogens is 392 g/mol. The second-order valence-electron chi connectivity index (χ2n) is 5.65. The average molecular weight is 407 g/mol.